The SMILES string of the molecule is CCOc1ccc(N2C(=O)C(c3ccc(OC)cc3)=C(N3CCCC(C)C3)C2=O)cc1. The normalized spacial score (nSPS) is 19.3. The minimum atomic E-state index is -0.299. The lowest BCUT2D eigenvalue weighted by Gasteiger charge is -2.33. The summed E-state index contributed by atoms with van der Waals surface area (Å²) in [5, 5.41) is 0. The molecule has 2 aromatic rings. The van der Waals surface area contributed by atoms with Crippen LogP contribution < -0.4 is 14.4 Å². The summed E-state index contributed by atoms with van der Waals surface area (Å²) in [4.78, 5) is 30.5. The van der Waals surface area contributed by atoms with Crippen LogP contribution in [0.2, 0.25) is 0 Å². The molecule has 6 heteroatoms. The van der Waals surface area contributed by atoms with Crippen LogP contribution in [0.15, 0.2) is 54.2 Å². The quantitative estimate of drug-likeness (QED) is 0.659. The van der Waals surface area contributed by atoms with Gasteiger partial charge in [-0.15, -0.1) is 0 Å². The highest BCUT2D eigenvalue weighted by Crippen LogP contribution is 2.37. The van der Waals surface area contributed by atoms with Crippen molar-refractivity contribution in [2.45, 2.75) is 26.7 Å². The molecule has 0 saturated carbocycles. The van der Waals surface area contributed by atoms with E-state index in [0.29, 0.717) is 41.0 Å². The third-order valence-electron chi connectivity index (χ3n) is 5.82. The number of nitrogens with zero attached hydrogens (tertiary/aromatic N) is 2. The van der Waals surface area contributed by atoms with E-state index in [2.05, 4.69) is 11.8 Å². The number of hydrogen-bond acceptors (Lipinski definition) is 5. The van der Waals surface area contributed by atoms with E-state index >= 15 is 0 Å². The van der Waals surface area contributed by atoms with Crippen LogP contribution >= 0.6 is 0 Å². The third kappa shape index (κ3) is 4.02. The number of anilines is 1. The maximum absolute atomic E-state index is 13.6. The van der Waals surface area contributed by atoms with E-state index in [0.717, 1.165) is 31.5 Å². The van der Waals surface area contributed by atoms with E-state index < -0.39 is 0 Å². The van der Waals surface area contributed by atoms with E-state index in [4.69, 9.17) is 9.47 Å². The van der Waals surface area contributed by atoms with Gasteiger partial charge in [-0.05, 0) is 67.6 Å². The second-order valence-electron chi connectivity index (χ2n) is 8.02. The average Bonchev–Trinajstić information content (AvgIpc) is 3.05. The van der Waals surface area contributed by atoms with Crippen molar-refractivity contribution in [2.75, 3.05) is 31.7 Å². The second-order valence-corrected chi connectivity index (χ2v) is 8.02. The summed E-state index contributed by atoms with van der Waals surface area (Å²) >= 11 is 0. The summed E-state index contributed by atoms with van der Waals surface area (Å²) in [6.45, 7) is 6.20. The number of hydrogen-bond donors (Lipinski definition) is 0. The molecule has 0 spiro atoms. The van der Waals surface area contributed by atoms with Crippen LogP contribution in [0.3, 0.4) is 0 Å². The van der Waals surface area contributed by atoms with E-state index in [1.165, 1.54) is 4.90 Å². The van der Waals surface area contributed by atoms with Crippen LogP contribution in [0.25, 0.3) is 5.57 Å². The molecule has 2 amide bonds. The minimum absolute atomic E-state index is 0.269. The van der Waals surface area contributed by atoms with Gasteiger partial charge in [0.25, 0.3) is 11.8 Å². The third-order valence-corrected chi connectivity index (χ3v) is 5.82. The lowest BCUT2D eigenvalue weighted by atomic mass is 9.98. The predicted octanol–water partition coefficient (Wildman–Crippen LogP) is 4.11. The Hall–Kier alpha value is -3.28. The Morgan fingerprint density at radius 1 is 0.968 bits per heavy atom. The largest absolute Gasteiger partial charge is 0.497 e. The summed E-state index contributed by atoms with van der Waals surface area (Å²) in [7, 11) is 1.60. The summed E-state index contributed by atoms with van der Waals surface area (Å²) in [6, 6.07) is 14.4. The number of ether oxygens (including phenoxy) is 2. The molecule has 1 saturated heterocycles. The molecule has 2 heterocycles. The van der Waals surface area contributed by atoms with Gasteiger partial charge in [-0.3, -0.25) is 9.59 Å². The number of likely N-dealkylation sites (tertiary alicyclic amines) is 1. The minimum Gasteiger partial charge on any atom is -0.497 e. The van der Waals surface area contributed by atoms with Gasteiger partial charge in [0.05, 0.1) is 25.0 Å². The van der Waals surface area contributed by atoms with Crippen molar-refractivity contribution in [3.63, 3.8) is 0 Å². The van der Waals surface area contributed by atoms with Gasteiger partial charge < -0.3 is 14.4 Å². The zero-order chi connectivity index (χ0) is 22.0. The van der Waals surface area contributed by atoms with Crippen LogP contribution in [0.5, 0.6) is 11.5 Å². The van der Waals surface area contributed by atoms with Gasteiger partial charge in [-0.2, -0.15) is 0 Å². The Morgan fingerprint density at radius 2 is 1.65 bits per heavy atom. The average molecular weight is 421 g/mol. The van der Waals surface area contributed by atoms with Crippen LogP contribution in [-0.4, -0.2) is 43.5 Å². The smallest absolute Gasteiger partial charge is 0.282 e. The van der Waals surface area contributed by atoms with Gasteiger partial charge in [0.1, 0.15) is 17.2 Å². The van der Waals surface area contributed by atoms with Crippen LogP contribution in [-0.2, 0) is 9.59 Å². The summed E-state index contributed by atoms with van der Waals surface area (Å²) < 4.78 is 10.8. The summed E-state index contributed by atoms with van der Waals surface area (Å²) in [5.74, 6) is 1.32. The molecule has 2 aromatic carbocycles. The molecular formula is C25H28N2O4. The number of methoxy groups -OCH3 is 1. The van der Waals surface area contributed by atoms with Crippen molar-refractivity contribution in [3.8, 4) is 11.5 Å². The Balaban J connectivity index is 1.75. The first-order valence-electron chi connectivity index (χ1n) is 10.8. The van der Waals surface area contributed by atoms with E-state index in [1.54, 1.807) is 31.4 Å². The highest BCUT2D eigenvalue weighted by molar-refractivity contribution is 6.45. The first kappa shape index (κ1) is 21.0. The second kappa shape index (κ2) is 8.84. The van der Waals surface area contributed by atoms with Gasteiger partial charge in [0, 0.05) is 13.1 Å². The van der Waals surface area contributed by atoms with Crippen molar-refractivity contribution < 1.29 is 19.1 Å². The number of amides is 2. The molecule has 0 bridgehead atoms. The molecule has 2 aliphatic heterocycles. The molecule has 0 radical (unpaired) electrons. The Labute approximate surface area is 183 Å². The lowest BCUT2D eigenvalue weighted by Crippen LogP contribution is -2.39. The standard InChI is InChI=1S/C25H28N2O4/c1-4-31-21-13-9-19(10-14-21)27-24(28)22(18-7-11-20(30-3)12-8-18)23(25(27)29)26-15-5-6-17(2)16-26/h7-14,17H,4-6,15-16H2,1-3H3. The molecule has 1 atom stereocenters. The Kier molecular flexibility index (Phi) is 5.98. The molecule has 31 heavy (non-hydrogen) atoms. The molecule has 2 aliphatic rings. The van der Waals surface area contributed by atoms with Gasteiger partial charge in [0.2, 0.25) is 0 Å². The molecular weight excluding hydrogens is 392 g/mol. The molecule has 0 N–H and O–H groups in total. The number of piperidine rings is 1. The number of carbonyl (C=O) groups excluding carboxylic acids is 2. The van der Waals surface area contributed by atoms with E-state index in [1.807, 2.05) is 31.2 Å². The number of benzene rings is 2. The van der Waals surface area contributed by atoms with Crippen molar-refractivity contribution in [1.29, 1.82) is 0 Å². The first-order valence-corrected chi connectivity index (χ1v) is 10.8. The monoisotopic (exact) mass is 420 g/mol. The number of rotatable bonds is 6. The summed E-state index contributed by atoms with van der Waals surface area (Å²) in [5.41, 5.74) is 2.22. The lowest BCUT2D eigenvalue weighted by molar-refractivity contribution is -0.120. The zero-order valence-corrected chi connectivity index (χ0v) is 18.3. The zero-order valence-electron chi connectivity index (χ0n) is 18.3. The van der Waals surface area contributed by atoms with Crippen LogP contribution in [0.1, 0.15) is 32.3 Å². The fraction of sp³-hybridized carbons (Fsp3) is 0.360. The van der Waals surface area contributed by atoms with Crippen molar-refractivity contribution in [1.82, 2.24) is 4.90 Å². The molecule has 1 unspecified atom stereocenters. The van der Waals surface area contributed by atoms with Crippen molar-refractivity contribution >= 4 is 23.1 Å². The predicted molar refractivity (Wildman–Crippen MR) is 120 cm³/mol. The topological polar surface area (TPSA) is 59.1 Å². The Morgan fingerprint density at radius 3 is 2.26 bits per heavy atom. The fourth-order valence-electron chi connectivity index (χ4n) is 4.31. The highest BCUT2D eigenvalue weighted by Gasteiger charge is 2.43. The molecule has 162 valence electrons. The van der Waals surface area contributed by atoms with Gasteiger partial charge in [-0.25, -0.2) is 4.90 Å². The molecule has 1 fully saturated rings. The first-order chi connectivity index (χ1) is 15.0. The van der Waals surface area contributed by atoms with E-state index in [-0.39, 0.29) is 11.8 Å². The maximum atomic E-state index is 13.6. The van der Waals surface area contributed by atoms with Crippen LogP contribution in [0.4, 0.5) is 5.69 Å². The van der Waals surface area contributed by atoms with E-state index in [9.17, 15) is 9.59 Å². The highest BCUT2D eigenvalue weighted by atomic mass is 16.5. The van der Waals surface area contributed by atoms with Gasteiger partial charge >= 0.3 is 0 Å². The summed E-state index contributed by atoms with van der Waals surface area (Å²) in [6.07, 6.45) is 2.14. The molecule has 4 rings (SSSR count). The maximum Gasteiger partial charge on any atom is 0.282 e. The molecule has 6 nitrogen and oxygen atoms in total. The fourth-order valence-corrected chi connectivity index (χ4v) is 4.31. The van der Waals surface area contributed by atoms with Gasteiger partial charge in [-0.1, -0.05) is 19.1 Å². The Bertz CT molecular complexity index is 995. The van der Waals surface area contributed by atoms with Crippen LogP contribution in [0, 0.1) is 5.92 Å². The molecule has 0 aliphatic carbocycles. The van der Waals surface area contributed by atoms with Crippen molar-refractivity contribution in [3.05, 3.63) is 59.8 Å². The van der Waals surface area contributed by atoms with Crippen molar-refractivity contribution in [2.24, 2.45) is 5.92 Å². The van der Waals surface area contributed by atoms with Gasteiger partial charge in [0.15, 0.2) is 0 Å². The molecule has 0 aromatic heterocycles. The number of carbonyl (C=O) groups is 2. The number of imide groups is 1.